The summed E-state index contributed by atoms with van der Waals surface area (Å²) in [6.45, 7) is 0. The number of ketones is 1. The van der Waals surface area contributed by atoms with Crippen molar-refractivity contribution in [1.82, 2.24) is 4.98 Å². The number of carbonyl (C=O) groups is 1. The van der Waals surface area contributed by atoms with Crippen LogP contribution < -0.4 is 9.47 Å². The third-order valence-corrected chi connectivity index (χ3v) is 5.34. The zero-order valence-electron chi connectivity index (χ0n) is 14.9. The van der Waals surface area contributed by atoms with E-state index in [0.29, 0.717) is 22.6 Å². The van der Waals surface area contributed by atoms with Gasteiger partial charge in [-0.2, -0.15) is 0 Å². The largest absolute Gasteiger partial charge is 0.493 e. The molecule has 0 radical (unpaired) electrons. The number of nitrogens with zero attached hydrogens (tertiary/aromatic N) is 1. The van der Waals surface area contributed by atoms with E-state index in [1.807, 2.05) is 30.3 Å². The highest BCUT2D eigenvalue weighted by atomic mass is 35.5. The molecule has 3 aromatic rings. The molecule has 0 bridgehead atoms. The summed E-state index contributed by atoms with van der Waals surface area (Å²) in [5.41, 5.74) is 2.09. The number of hydrogen-bond donors (Lipinski definition) is 0. The van der Waals surface area contributed by atoms with Crippen molar-refractivity contribution in [3.63, 3.8) is 0 Å². The molecule has 1 heterocycles. The molecule has 4 nitrogen and oxygen atoms in total. The Kier molecular flexibility index (Phi) is 6.37. The van der Waals surface area contributed by atoms with Crippen molar-refractivity contribution in [2.24, 2.45) is 0 Å². The summed E-state index contributed by atoms with van der Waals surface area (Å²) >= 11 is 7.75. The van der Waals surface area contributed by atoms with E-state index in [0.717, 1.165) is 21.4 Å². The highest BCUT2D eigenvalue weighted by Gasteiger charge is 2.13. The number of carbonyl (C=O) groups excluding carboxylic acids is 1. The molecule has 0 aliphatic heterocycles. The third kappa shape index (κ3) is 4.62. The lowest BCUT2D eigenvalue weighted by molar-refractivity contribution is 0.103. The van der Waals surface area contributed by atoms with Gasteiger partial charge in [-0.3, -0.25) is 4.79 Å². The average Bonchev–Trinajstić information content (AvgIpc) is 2.72. The monoisotopic (exact) mass is 399 g/mol. The van der Waals surface area contributed by atoms with E-state index in [4.69, 9.17) is 21.1 Å². The van der Waals surface area contributed by atoms with Gasteiger partial charge in [0.05, 0.1) is 19.2 Å². The molecule has 0 saturated carbocycles. The molecule has 0 N–H and O–H groups in total. The van der Waals surface area contributed by atoms with Crippen LogP contribution in [-0.2, 0) is 5.75 Å². The molecule has 6 heteroatoms. The summed E-state index contributed by atoms with van der Waals surface area (Å²) < 4.78 is 10.5. The molecule has 2 aromatic carbocycles. The summed E-state index contributed by atoms with van der Waals surface area (Å²) in [5.74, 6) is 1.70. The molecule has 0 amide bonds. The highest BCUT2D eigenvalue weighted by molar-refractivity contribution is 7.98. The smallest absolute Gasteiger partial charge is 0.194 e. The van der Waals surface area contributed by atoms with Crippen molar-refractivity contribution in [1.29, 1.82) is 0 Å². The Labute approximate surface area is 167 Å². The van der Waals surface area contributed by atoms with Crippen LogP contribution in [0.2, 0.25) is 5.02 Å². The zero-order chi connectivity index (χ0) is 19.2. The summed E-state index contributed by atoms with van der Waals surface area (Å²) in [6.07, 6.45) is 1.59. The Balaban J connectivity index is 1.71. The second kappa shape index (κ2) is 8.93. The number of hydrogen-bond acceptors (Lipinski definition) is 5. The summed E-state index contributed by atoms with van der Waals surface area (Å²) in [7, 11) is 3.10. The fraction of sp³-hybridized carbons (Fsp3) is 0.143. The second-order valence-corrected chi connectivity index (χ2v) is 7.07. The number of methoxy groups -OCH3 is 2. The molecule has 138 valence electrons. The van der Waals surface area contributed by atoms with Crippen LogP contribution in [0, 0.1) is 0 Å². The maximum Gasteiger partial charge on any atom is 0.194 e. The van der Waals surface area contributed by atoms with Crippen molar-refractivity contribution in [3.05, 3.63) is 82.5 Å². The van der Waals surface area contributed by atoms with E-state index in [9.17, 15) is 4.79 Å². The van der Waals surface area contributed by atoms with E-state index in [1.54, 1.807) is 56.4 Å². The minimum Gasteiger partial charge on any atom is -0.493 e. The lowest BCUT2D eigenvalue weighted by Crippen LogP contribution is -2.03. The maximum absolute atomic E-state index is 12.7. The molecule has 3 rings (SSSR count). The topological polar surface area (TPSA) is 48.4 Å². The normalized spacial score (nSPS) is 10.5. The van der Waals surface area contributed by atoms with E-state index in [1.165, 1.54) is 0 Å². The summed E-state index contributed by atoms with van der Waals surface area (Å²) in [4.78, 5) is 17.1. The molecule has 0 aliphatic rings. The number of halogens is 1. The summed E-state index contributed by atoms with van der Waals surface area (Å²) in [5, 5.41) is 1.57. The molecule has 0 unspecified atom stereocenters. The molecule has 0 aliphatic carbocycles. The second-order valence-electron chi connectivity index (χ2n) is 5.66. The van der Waals surface area contributed by atoms with Gasteiger partial charge in [0.2, 0.25) is 0 Å². The van der Waals surface area contributed by atoms with Gasteiger partial charge in [-0.15, -0.1) is 11.8 Å². The SMILES string of the molecule is COc1ccc(C(=O)c2ccc(SCc3ccccc3Cl)nc2)cc1OC. The standard InChI is InChI=1S/C21H18ClNO3S/c1-25-18-9-7-14(11-19(18)26-2)21(24)15-8-10-20(23-12-15)27-13-16-5-3-4-6-17(16)22/h3-12H,13H2,1-2H3. The Bertz CT molecular complexity index is 944. The predicted octanol–water partition coefficient (Wildman–Crippen LogP) is 5.28. The number of thioether (sulfide) groups is 1. The first kappa shape index (κ1) is 19.3. The lowest BCUT2D eigenvalue weighted by atomic mass is 10.0. The van der Waals surface area contributed by atoms with E-state index >= 15 is 0 Å². The number of pyridine rings is 1. The average molecular weight is 400 g/mol. The van der Waals surface area contributed by atoms with Crippen LogP contribution in [0.3, 0.4) is 0 Å². The van der Waals surface area contributed by atoms with Gasteiger partial charge in [-0.05, 0) is 42.0 Å². The van der Waals surface area contributed by atoms with Gasteiger partial charge < -0.3 is 9.47 Å². The number of ether oxygens (including phenoxy) is 2. The van der Waals surface area contributed by atoms with Crippen LogP contribution in [0.4, 0.5) is 0 Å². The van der Waals surface area contributed by atoms with Crippen LogP contribution in [0.1, 0.15) is 21.5 Å². The van der Waals surface area contributed by atoms with Gasteiger partial charge in [-0.25, -0.2) is 4.98 Å². The van der Waals surface area contributed by atoms with Crippen LogP contribution in [0.15, 0.2) is 65.8 Å². The molecule has 0 atom stereocenters. The van der Waals surface area contributed by atoms with Crippen molar-refractivity contribution >= 4 is 29.1 Å². The van der Waals surface area contributed by atoms with E-state index in [2.05, 4.69) is 4.98 Å². The minimum absolute atomic E-state index is 0.119. The van der Waals surface area contributed by atoms with E-state index in [-0.39, 0.29) is 5.78 Å². The summed E-state index contributed by atoms with van der Waals surface area (Å²) in [6, 6.07) is 16.4. The van der Waals surface area contributed by atoms with Crippen LogP contribution in [0.25, 0.3) is 0 Å². The first-order valence-electron chi connectivity index (χ1n) is 8.21. The zero-order valence-corrected chi connectivity index (χ0v) is 16.5. The Morgan fingerprint density at radius 2 is 1.74 bits per heavy atom. The molecular weight excluding hydrogens is 382 g/mol. The van der Waals surface area contributed by atoms with Crippen molar-refractivity contribution in [2.75, 3.05) is 14.2 Å². The Hall–Kier alpha value is -2.50. The molecule has 0 saturated heterocycles. The fourth-order valence-electron chi connectivity index (χ4n) is 2.51. The van der Waals surface area contributed by atoms with Crippen LogP contribution in [0.5, 0.6) is 11.5 Å². The Morgan fingerprint density at radius 1 is 1.00 bits per heavy atom. The van der Waals surface area contributed by atoms with E-state index < -0.39 is 0 Å². The fourth-order valence-corrected chi connectivity index (χ4v) is 3.64. The van der Waals surface area contributed by atoms with Crippen molar-refractivity contribution in [2.45, 2.75) is 10.8 Å². The number of rotatable bonds is 7. The van der Waals surface area contributed by atoms with Crippen LogP contribution in [-0.4, -0.2) is 25.0 Å². The van der Waals surface area contributed by atoms with Crippen molar-refractivity contribution in [3.8, 4) is 11.5 Å². The van der Waals surface area contributed by atoms with Crippen molar-refractivity contribution < 1.29 is 14.3 Å². The van der Waals surface area contributed by atoms with Gasteiger partial charge in [-0.1, -0.05) is 29.8 Å². The minimum atomic E-state index is -0.119. The molecule has 1 aromatic heterocycles. The number of aromatic nitrogens is 1. The van der Waals surface area contributed by atoms with Gasteiger partial charge in [0.25, 0.3) is 0 Å². The molecular formula is C21H18ClNO3S. The third-order valence-electron chi connectivity index (χ3n) is 3.98. The lowest BCUT2D eigenvalue weighted by Gasteiger charge is -2.09. The van der Waals surface area contributed by atoms with Gasteiger partial charge in [0.15, 0.2) is 17.3 Å². The van der Waals surface area contributed by atoms with Gasteiger partial charge >= 0.3 is 0 Å². The number of benzene rings is 2. The first-order chi connectivity index (χ1) is 13.1. The molecule has 0 spiro atoms. The maximum atomic E-state index is 12.7. The molecule has 27 heavy (non-hydrogen) atoms. The first-order valence-corrected chi connectivity index (χ1v) is 9.57. The van der Waals surface area contributed by atoms with Gasteiger partial charge in [0.1, 0.15) is 0 Å². The van der Waals surface area contributed by atoms with Crippen LogP contribution >= 0.6 is 23.4 Å². The van der Waals surface area contributed by atoms with Gasteiger partial charge in [0, 0.05) is 28.1 Å². The molecule has 0 fully saturated rings. The highest BCUT2D eigenvalue weighted by Crippen LogP contribution is 2.29. The Morgan fingerprint density at radius 3 is 2.41 bits per heavy atom. The predicted molar refractivity (Wildman–Crippen MR) is 108 cm³/mol. The quantitative estimate of drug-likeness (QED) is 0.400.